The Morgan fingerprint density at radius 1 is 1.41 bits per heavy atom. The lowest BCUT2D eigenvalue weighted by Crippen LogP contribution is -2.57. The van der Waals surface area contributed by atoms with Gasteiger partial charge in [0.25, 0.3) is 5.92 Å². The van der Waals surface area contributed by atoms with Crippen LogP contribution in [-0.4, -0.2) is 46.8 Å². The zero-order valence-electron chi connectivity index (χ0n) is 10.5. The summed E-state index contributed by atoms with van der Waals surface area (Å²) in [6, 6.07) is 0. The molecule has 2 atom stereocenters. The second-order valence-electron chi connectivity index (χ2n) is 5.48. The minimum Gasteiger partial charge on any atom is -0.444 e. The average Bonchev–Trinajstić information content (AvgIpc) is 2.11. The lowest BCUT2D eigenvalue weighted by atomic mass is 9.93. The molecule has 0 saturated carbocycles. The van der Waals surface area contributed by atoms with Crippen LogP contribution in [0.25, 0.3) is 0 Å². The first-order valence-electron chi connectivity index (χ1n) is 5.58. The topological polar surface area (TPSA) is 49.8 Å². The molecule has 4 nitrogen and oxygen atoms in total. The molecule has 1 heterocycles. The number of hydrogen-bond acceptors (Lipinski definition) is 3. The molecule has 17 heavy (non-hydrogen) atoms. The van der Waals surface area contributed by atoms with Crippen molar-refractivity contribution in [3.05, 3.63) is 0 Å². The van der Waals surface area contributed by atoms with Crippen molar-refractivity contribution in [2.45, 2.75) is 45.3 Å². The molecular weight excluding hydrogens is 232 g/mol. The maximum absolute atomic E-state index is 13.3. The number of β-amino-alcohol motifs (C(OH)–C–C–N with tert-alkyl or cyclic N) is 1. The van der Waals surface area contributed by atoms with Gasteiger partial charge in [-0.3, -0.25) is 0 Å². The van der Waals surface area contributed by atoms with Crippen LogP contribution >= 0.6 is 0 Å². The SMILES string of the molecule is C[C@H]1CN(C(=O)OC(C)(C)C)C[C@@H](O)C1(F)F. The molecule has 0 aromatic carbocycles. The van der Waals surface area contributed by atoms with Crippen LogP contribution in [0.3, 0.4) is 0 Å². The number of ether oxygens (including phenoxy) is 1. The number of hydrogen-bond donors (Lipinski definition) is 1. The van der Waals surface area contributed by atoms with E-state index in [0.29, 0.717) is 0 Å². The predicted octanol–water partition coefficient (Wildman–Crippen LogP) is 1.87. The van der Waals surface area contributed by atoms with Crippen molar-refractivity contribution in [1.29, 1.82) is 0 Å². The van der Waals surface area contributed by atoms with E-state index in [2.05, 4.69) is 0 Å². The van der Waals surface area contributed by atoms with Crippen molar-refractivity contribution < 1.29 is 23.4 Å². The van der Waals surface area contributed by atoms with E-state index in [1.54, 1.807) is 20.8 Å². The van der Waals surface area contributed by atoms with Crippen molar-refractivity contribution in [2.75, 3.05) is 13.1 Å². The number of likely N-dealkylation sites (tertiary alicyclic amines) is 1. The van der Waals surface area contributed by atoms with Gasteiger partial charge in [0.15, 0.2) is 0 Å². The Balaban J connectivity index is 2.68. The molecule has 0 unspecified atom stereocenters. The molecule has 0 aromatic rings. The number of alkyl halides is 2. The Morgan fingerprint density at radius 2 is 1.94 bits per heavy atom. The van der Waals surface area contributed by atoms with E-state index < -0.39 is 36.2 Å². The number of aliphatic hydroxyl groups excluding tert-OH is 1. The molecule has 0 spiro atoms. The van der Waals surface area contributed by atoms with Crippen LogP contribution in [0.5, 0.6) is 0 Å². The molecule has 1 rings (SSSR count). The Labute approximate surface area is 99.5 Å². The van der Waals surface area contributed by atoms with E-state index in [-0.39, 0.29) is 6.54 Å². The molecule has 1 aliphatic heterocycles. The fraction of sp³-hybridized carbons (Fsp3) is 0.909. The quantitative estimate of drug-likeness (QED) is 0.715. The van der Waals surface area contributed by atoms with Crippen LogP contribution in [0.4, 0.5) is 13.6 Å². The van der Waals surface area contributed by atoms with Crippen LogP contribution in [0.1, 0.15) is 27.7 Å². The summed E-state index contributed by atoms with van der Waals surface area (Å²) in [5.74, 6) is -4.24. The molecule has 0 radical (unpaired) electrons. The van der Waals surface area contributed by atoms with Crippen LogP contribution in [0.2, 0.25) is 0 Å². The molecule has 1 amide bonds. The van der Waals surface area contributed by atoms with Crippen molar-refractivity contribution in [1.82, 2.24) is 4.90 Å². The third-order valence-electron chi connectivity index (χ3n) is 2.64. The molecule has 1 aliphatic rings. The highest BCUT2D eigenvalue weighted by Crippen LogP contribution is 2.33. The number of halogens is 2. The smallest absolute Gasteiger partial charge is 0.410 e. The predicted molar refractivity (Wildman–Crippen MR) is 57.9 cm³/mol. The van der Waals surface area contributed by atoms with Gasteiger partial charge in [-0.15, -0.1) is 0 Å². The Morgan fingerprint density at radius 3 is 2.35 bits per heavy atom. The highest BCUT2D eigenvalue weighted by atomic mass is 19.3. The molecule has 0 aliphatic carbocycles. The summed E-state index contributed by atoms with van der Waals surface area (Å²) in [5, 5.41) is 9.33. The van der Waals surface area contributed by atoms with Gasteiger partial charge in [-0.25, -0.2) is 13.6 Å². The fourth-order valence-electron chi connectivity index (χ4n) is 1.66. The largest absolute Gasteiger partial charge is 0.444 e. The summed E-state index contributed by atoms with van der Waals surface area (Å²) in [6.45, 7) is 5.89. The second-order valence-corrected chi connectivity index (χ2v) is 5.48. The van der Waals surface area contributed by atoms with Crippen molar-refractivity contribution in [3.63, 3.8) is 0 Å². The molecule has 0 bridgehead atoms. The zero-order chi connectivity index (χ0) is 13.4. The van der Waals surface area contributed by atoms with Gasteiger partial charge in [-0.1, -0.05) is 6.92 Å². The fourth-order valence-corrected chi connectivity index (χ4v) is 1.66. The van der Waals surface area contributed by atoms with Gasteiger partial charge in [0.1, 0.15) is 11.7 Å². The number of aliphatic hydroxyl groups is 1. The van der Waals surface area contributed by atoms with E-state index in [1.165, 1.54) is 6.92 Å². The lowest BCUT2D eigenvalue weighted by molar-refractivity contribution is -0.176. The number of carbonyl (C=O) groups excluding carboxylic acids is 1. The van der Waals surface area contributed by atoms with Crippen LogP contribution < -0.4 is 0 Å². The van der Waals surface area contributed by atoms with E-state index >= 15 is 0 Å². The molecule has 1 saturated heterocycles. The summed E-state index contributed by atoms with van der Waals surface area (Å²) in [4.78, 5) is 12.8. The molecule has 6 heteroatoms. The van der Waals surface area contributed by atoms with Crippen LogP contribution in [0.15, 0.2) is 0 Å². The van der Waals surface area contributed by atoms with Crippen molar-refractivity contribution in [3.8, 4) is 0 Å². The Kier molecular flexibility index (Phi) is 3.66. The second kappa shape index (κ2) is 4.40. The maximum Gasteiger partial charge on any atom is 0.410 e. The third-order valence-corrected chi connectivity index (χ3v) is 2.64. The Bertz CT molecular complexity index is 288. The Hall–Kier alpha value is -0.910. The first-order chi connectivity index (χ1) is 7.54. The molecule has 0 aromatic heterocycles. The van der Waals surface area contributed by atoms with Gasteiger partial charge < -0.3 is 14.7 Å². The third kappa shape index (κ3) is 3.28. The first-order valence-corrected chi connectivity index (χ1v) is 5.58. The van der Waals surface area contributed by atoms with E-state index in [9.17, 15) is 18.7 Å². The first kappa shape index (κ1) is 14.2. The maximum atomic E-state index is 13.3. The number of amides is 1. The van der Waals surface area contributed by atoms with Gasteiger partial charge in [0, 0.05) is 12.5 Å². The van der Waals surface area contributed by atoms with E-state index in [4.69, 9.17) is 4.74 Å². The van der Waals surface area contributed by atoms with E-state index in [0.717, 1.165) is 4.90 Å². The standard InChI is InChI=1S/C11H19F2NO3/c1-7-5-14(6-8(15)11(7,12)13)9(16)17-10(2,3)4/h7-8,15H,5-6H2,1-4H3/t7-,8+/m0/s1. The van der Waals surface area contributed by atoms with Crippen LogP contribution in [0, 0.1) is 5.92 Å². The summed E-state index contributed by atoms with van der Waals surface area (Å²) in [5.41, 5.74) is -0.675. The monoisotopic (exact) mass is 251 g/mol. The number of rotatable bonds is 0. The lowest BCUT2D eigenvalue weighted by Gasteiger charge is -2.40. The molecule has 1 fully saturated rings. The van der Waals surface area contributed by atoms with Gasteiger partial charge in [0.2, 0.25) is 0 Å². The summed E-state index contributed by atoms with van der Waals surface area (Å²) in [7, 11) is 0. The molecule has 100 valence electrons. The molecule has 1 N–H and O–H groups in total. The summed E-state index contributed by atoms with van der Waals surface area (Å²) < 4.78 is 31.7. The van der Waals surface area contributed by atoms with E-state index in [1.807, 2.05) is 0 Å². The van der Waals surface area contributed by atoms with Crippen molar-refractivity contribution >= 4 is 6.09 Å². The highest BCUT2D eigenvalue weighted by Gasteiger charge is 2.50. The minimum absolute atomic E-state index is 0.112. The zero-order valence-corrected chi connectivity index (χ0v) is 10.5. The molecular formula is C11H19F2NO3. The van der Waals surface area contributed by atoms with Crippen LogP contribution in [-0.2, 0) is 4.74 Å². The summed E-state index contributed by atoms with van der Waals surface area (Å²) >= 11 is 0. The minimum atomic E-state index is -3.15. The number of carbonyl (C=O) groups is 1. The normalized spacial score (nSPS) is 29.0. The van der Waals surface area contributed by atoms with Crippen molar-refractivity contribution in [2.24, 2.45) is 5.92 Å². The van der Waals surface area contributed by atoms with Gasteiger partial charge in [0.05, 0.1) is 6.54 Å². The number of nitrogens with zero attached hydrogens (tertiary/aromatic N) is 1. The number of piperidine rings is 1. The highest BCUT2D eigenvalue weighted by molar-refractivity contribution is 5.68. The summed E-state index contributed by atoms with van der Waals surface area (Å²) in [6.07, 6.45) is -2.50. The van der Waals surface area contributed by atoms with Gasteiger partial charge >= 0.3 is 6.09 Å². The van der Waals surface area contributed by atoms with Gasteiger partial charge in [-0.05, 0) is 20.8 Å². The van der Waals surface area contributed by atoms with Gasteiger partial charge in [-0.2, -0.15) is 0 Å². The average molecular weight is 251 g/mol.